The maximum absolute atomic E-state index is 3.52. The van der Waals surface area contributed by atoms with E-state index in [0.29, 0.717) is 0 Å². The summed E-state index contributed by atoms with van der Waals surface area (Å²) in [5.74, 6) is 0. The van der Waals surface area contributed by atoms with E-state index in [0.717, 1.165) is 8.95 Å². The molecule has 78 valence electrons. The molecule has 0 radical (unpaired) electrons. The highest BCUT2D eigenvalue weighted by Gasteiger charge is 2.01. The second kappa shape index (κ2) is 3.86. The number of benzene rings is 3. The number of hydrogen-bond donors (Lipinski definition) is 0. The van der Waals surface area contributed by atoms with Crippen molar-refractivity contribution < 1.29 is 0 Å². The van der Waals surface area contributed by atoms with Crippen molar-refractivity contribution in [3.05, 3.63) is 57.5 Å². The largest absolute Gasteiger partial charge is 0.0537 e. The first-order chi connectivity index (χ1) is 7.74. The second-order valence-electron chi connectivity index (χ2n) is 3.80. The molecule has 0 atom stereocenters. The Kier molecular flexibility index (Phi) is 2.49. The summed E-state index contributed by atoms with van der Waals surface area (Å²) in [5, 5.41) is 5.12. The zero-order valence-corrected chi connectivity index (χ0v) is 11.5. The topological polar surface area (TPSA) is 0 Å². The third-order valence-corrected chi connectivity index (χ3v) is 3.75. The average molecular weight is 336 g/mol. The molecule has 0 nitrogen and oxygen atoms in total. The van der Waals surface area contributed by atoms with Gasteiger partial charge >= 0.3 is 0 Å². The molecule has 0 spiro atoms. The second-order valence-corrected chi connectivity index (χ2v) is 5.63. The quantitative estimate of drug-likeness (QED) is 0.474. The average Bonchev–Trinajstić information content (AvgIpc) is 2.28. The summed E-state index contributed by atoms with van der Waals surface area (Å²) in [5.41, 5.74) is 0. The summed E-state index contributed by atoms with van der Waals surface area (Å²) in [6.45, 7) is 0. The minimum absolute atomic E-state index is 1.12. The van der Waals surface area contributed by atoms with Gasteiger partial charge in [-0.3, -0.25) is 0 Å². The predicted octanol–water partition coefficient (Wildman–Crippen LogP) is 5.52. The van der Waals surface area contributed by atoms with Crippen LogP contribution in [0.5, 0.6) is 0 Å². The lowest BCUT2D eigenvalue weighted by atomic mass is 10.0. The summed E-state index contributed by atoms with van der Waals surface area (Å²) >= 11 is 7.03. The Morgan fingerprint density at radius 1 is 0.562 bits per heavy atom. The number of fused-ring (bicyclic) bond motifs is 3. The third kappa shape index (κ3) is 1.66. The van der Waals surface area contributed by atoms with E-state index in [1.165, 1.54) is 21.5 Å². The molecule has 0 aliphatic heterocycles. The minimum Gasteiger partial charge on any atom is -0.0537 e. The summed E-state index contributed by atoms with van der Waals surface area (Å²) in [6.07, 6.45) is 0. The SMILES string of the molecule is Brc1ccc2c(ccc3ccc(Br)cc32)c1. The Bertz CT molecular complexity index is 687. The molecule has 0 bridgehead atoms. The first-order valence-electron chi connectivity index (χ1n) is 5.01. The summed E-state index contributed by atoms with van der Waals surface area (Å²) < 4.78 is 2.24. The summed E-state index contributed by atoms with van der Waals surface area (Å²) in [7, 11) is 0. The Morgan fingerprint density at radius 2 is 1.19 bits per heavy atom. The van der Waals surface area contributed by atoms with Gasteiger partial charge in [-0.25, -0.2) is 0 Å². The highest BCUT2D eigenvalue weighted by Crippen LogP contribution is 2.29. The van der Waals surface area contributed by atoms with Crippen molar-refractivity contribution in [3.63, 3.8) is 0 Å². The van der Waals surface area contributed by atoms with Gasteiger partial charge in [-0.2, -0.15) is 0 Å². The zero-order chi connectivity index (χ0) is 11.1. The standard InChI is InChI=1S/C14H8Br2/c15-11-5-6-13-10(7-11)2-1-9-3-4-12(16)8-14(9)13/h1-8H. The maximum Gasteiger partial charge on any atom is 0.0181 e. The zero-order valence-electron chi connectivity index (χ0n) is 8.37. The van der Waals surface area contributed by atoms with E-state index >= 15 is 0 Å². The highest BCUT2D eigenvalue weighted by atomic mass is 79.9. The van der Waals surface area contributed by atoms with Crippen LogP contribution in [0.4, 0.5) is 0 Å². The van der Waals surface area contributed by atoms with Gasteiger partial charge in [0, 0.05) is 8.95 Å². The Labute approximate surface area is 111 Å². The molecule has 0 fully saturated rings. The molecule has 0 heterocycles. The van der Waals surface area contributed by atoms with Gasteiger partial charge in [0.15, 0.2) is 0 Å². The molecule has 0 N–H and O–H groups in total. The van der Waals surface area contributed by atoms with Gasteiger partial charge in [0.1, 0.15) is 0 Å². The van der Waals surface area contributed by atoms with Crippen molar-refractivity contribution in [2.45, 2.75) is 0 Å². The Hall–Kier alpha value is -0.860. The van der Waals surface area contributed by atoms with Crippen molar-refractivity contribution in [2.24, 2.45) is 0 Å². The van der Waals surface area contributed by atoms with Crippen LogP contribution in [0, 0.1) is 0 Å². The first-order valence-corrected chi connectivity index (χ1v) is 6.60. The van der Waals surface area contributed by atoms with Crippen molar-refractivity contribution in [1.82, 2.24) is 0 Å². The van der Waals surface area contributed by atoms with Gasteiger partial charge in [-0.15, -0.1) is 0 Å². The van der Waals surface area contributed by atoms with Crippen LogP contribution in [0.25, 0.3) is 21.5 Å². The van der Waals surface area contributed by atoms with Gasteiger partial charge in [-0.05, 0) is 45.8 Å². The fourth-order valence-corrected chi connectivity index (χ4v) is 2.74. The molecule has 0 unspecified atom stereocenters. The molecule has 16 heavy (non-hydrogen) atoms. The van der Waals surface area contributed by atoms with E-state index in [1.807, 2.05) is 0 Å². The Morgan fingerprint density at radius 3 is 2.06 bits per heavy atom. The van der Waals surface area contributed by atoms with E-state index in [2.05, 4.69) is 80.4 Å². The predicted molar refractivity (Wildman–Crippen MR) is 76.9 cm³/mol. The molecule has 0 saturated heterocycles. The van der Waals surface area contributed by atoms with E-state index in [4.69, 9.17) is 0 Å². The van der Waals surface area contributed by atoms with Gasteiger partial charge < -0.3 is 0 Å². The molecule has 0 saturated carbocycles. The van der Waals surface area contributed by atoms with Crippen LogP contribution in [0.2, 0.25) is 0 Å². The summed E-state index contributed by atoms with van der Waals surface area (Å²) in [4.78, 5) is 0. The van der Waals surface area contributed by atoms with Crippen molar-refractivity contribution in [2.75, 3.05) is 0 Å². The van der Waals surface area contributed by atoms with Crippen molar-refractivity contribution >= 4 is 53.4 Å². The molecule has 0 aliphatic rings. The smallest absolute Gasteiger partial charge is 0.0181 e. The maximum atomic E-state index is 3.52. The highest BCUT2D eigenvalue weighted by molar-refractivity contribution is 9.10. The molecule has 3 aromatic rings. The lowest BCUT2D eigenvalue weighted by Gasteiger charge is -2.04. The molecule has 2 heteroatoms. The van der Waals surface area contributed by atoms with Crippen LogP contribution in [0.1, 0.15) is 0 Å². The van der Waals surface area contributed by atoms with E-state index in [9.17, 15) is 0 Å². The minimum atomic E-state index is 1.12. The molecule has 0 aliphatic carbocycles. The van der Waals surface area contributed by atoms with Crippen molar-refractivity contribution in [3.8, 4) is 0 Å². The monoisotopic (exact) mass is 334 g/mol. The molecular formula is C14H8Br2. The van der Waals surface area contributed by atoms with Gasteiger partial charge in [0.25, 0.3) is 0 Å². The van der Waals surface area contributed by atoms with Crippen LogP contribution in [0.3, 0.4) is 0 Å². The molecule has 0 aromatic heterocycles. The van der Waals surface area contributed by atoms with E-state index in [1.54, 1.807) is 0 Å². The summed E-state index contributed by atoms with van der Waals surface area (Å²) in [6, 6.07) is 17.1. The fourth-order valence-electron chi connectivity index (χ4n) is 2.00. The number of hydrogen-bond acceptors (Lipinski definition) is 0. The van der Waals surface area contributed by atoms with Crippen LogP contribution in [-0.4, -0.2) is 0 Å². The van der Waals surface area contributed by atoms with Crippen LogP contribution in [0.15, 0.2) is 57.5 Å². The lowest BCUT2D eigenvalue weighted by molar-refractivity contribution is 1.70. The first kappa shape index (κ1) is 10.3. The lowest BCUT2D eigenvalue weighted by Crippen LogP contribution is -1.78. The molecule has 0 amide bonds. The fraction of sp³-hybridized carbons (Fsp3) is 0. The van der Waals surface area contributed by atoms with Crippen molar-refractivity contribution in [1.29, 1.82) is 0 Å². The molecule has 3 aromatic carbocycles. The van der Waals surface area contributed by atoms with Crippen LogP contribution in [-0.2, 0) is 0 Å². The third-order valence-electron chi connectivity index (χ3n) is 2.76. The van der Waals surface area contributed by atoms with Crippen LogP contribution < -0.4 is 0 Å². The van der Waals surface area contributed by atoms with Gasteiger partial charge in [0.2, 0.25) is 0 Å². The molecule has 3 rings (SSSR count). The van der Waals surface area contributed by atoms with Gasteiger partial charge in [0.05, 0.1) is 0 Å². The number of rotatable bonds is 0. The normalized spacial score (nSPS) is 11.1. The number of halogens is 2. The van der Waals surface area contributed by atoms with E-state index in [-0.39, 0.29) is 0 Å². The van der Waals surface area contributed by atoms with E-state index < -0.39 is 0 Å². The van der Waals surface area contributed by atoms with Gasteiger partial charge in [-0.1, -0.05) is 56.1 Å². The Balaban J connectivity index is 2.52. The van der Waals surface area contributed by atoms with Crippen LogP contribution >= 0.6 is 31.9 Å². The molecular weight excluding hydrogens is 328 g/mol.